The molecule has 0 bridgehead atoms. The number of hydrogen-bond acceptors (Lipinski definition) is 6. The van der Waals surface area contributed by atoms with Crippen molar-refractivity contribution in [2.45, 2.75) is 24.7 Å². The standard InChI is InChI=1S/C16H21N3O4S/c1-2-3-8-19-13-6-4-5-7-14(13)24(21,22)15(17-19)16(20)18-9-11-23-12-10-18/h4-7H,2-3,8-12H2,1H3. The van der Waals surface area contributed by atoms with Crippen molar-refractivity contribution in [3.05, 3.63) is 24.3 Å². The molecule has 0 radical (unpaired) electrons. The van der Waals surface area contributed by atoms with Gasteiger partial charge in [0.05, 0.1) is 23.8 Å². The van der Waals surface area contributed by atoms with Gasteiger partial charge >= 0.3 is 0 Å². The maximum absolute atomic E-state index is 12.9. The van der Waals surface area contributed by atoms with Gasteiger partial charge in [0, 0.05) is 19.6 Å². The van der Waals surface area contributed by atoms with E-state index in [4.69, 9.17) is 4.74 Å². The van der Waals surface area contributed by atoms with Crippen molar-refractivity contribution >= 4 is 26.5 Å². The number of rotatable bonds is 4. The first-order valence-electron chi connectivity index (χ1n) is 8.13. The molecule has 1 aromatic rings. The minimum Gasteiger partial charge on any atom is -0.378 e. The first-order valence-corrected chi connectivity index (χ1v) is 9.61. The van der Waals surface area contributed by atoms with E-state index >= 15 is 0 Å². The van der Waals surface area contributed by atoms with E-state index in [0.717, 1.165) is 12.8 Å². The molecular weight excluding hydrogens is 330 g/mol. The number of hydrogen-bond donors (Lipinski definition) is 0. The number of sulfone groups is 1. The molecule has 130 valence electrons. The maximum atomic E-state index is 12.9. The molecule has 1 saturated heterocycles. The quantitative estimate of drug-likeness (QED) is 0.816. The third-order valence-corrected chi connectivity index (χ3v) is 5.79. The lowest BCUT2D eigenvalue weighted by atomic mass is 10.3. The van der Waals surface area contributed by atoms with Gasteiger partial charge in [-0.1, -0.05) is 25.5 Å². The summed E-state index contributed by atoms with van der Waals surface area (Å²) in [5.74, 6) is -0.547. The molecule has 7 nitrogen and oxygen atoms in total. The Hall–Kier alpha value is -1.93. The summed E-state index contributed by atoms with van der Waals surface area (Å²) in [7, 11) is -3.91. The summed E-state index contributed by atoms with van der Waals surface area (Å²) in [4.78, 5) is 14.4. The average molecular weight is 351 g/mol. The van der Waals surface area contributed by atoms with Crippen LogP contribution in [0.15, 0.2) is 34.3 Å². The molecule has 2 aliphatic heterocycles. The molecule has 0 N–H and O–H groups in total. The van der Waals surface area contributed by atoms with Crippen LogP contribution >= 0.6 is 0 Å². The van der Waals surface area contributed by atoms with Crippen molar-refractivity contribution in [2.75, 3.05) is 37.9 Å². The van der Waals surface area contributed by atoms with Crippen molar-refractivity contribution in [2.24, 2.45) is 5.10 Å². The second kappa shape index (κ2) is 6.90. The van der Waals surface area contributed by atoms with E-state index in [1.807, 2.05) is 0 Å². The van der Waals surface area contributed by atoms with Gasteiger partial charge in [-0.25, -0.2) is 8.42 Å². The number of carbonyl (C=O) groups is 1. The van der Waals surface area contributed by atoms with Crippen LogP contribution in [0, 0.1) is 0 Å². The SMILES string of the molecule is CCCCN1N=C(C(=O)N2CCOCC2)S(=O)(=O)c2ccccc21. The van der Waals surface area contributed by atoms with Gasteiger partial charge < -0.3 is 9.64 Å². The molecule has 2 aliphatic rings. The molecule has 0 atom stereocenters. The summed E-state index contributed by atoms with van der Waals surface area (Å²) in [6, 6.07) is 6.70. The highest BCUT2D eigenvalue weighted by atomic mass is 32.2. The molecule has 0 unspecified atom stereocenters. The van der Waals surface area contributed by atoms with Crippen LogP contribution in [0.3, 0.4) is 0 Å². The van der Waals surface area contributed by atoms with E-state index in [9.17, 15) is 13.2 Å². The second-order valence-corrected chi connectivity index (χ2v) is 7.59. The van der Waals surface area contributed by atoms with Gasteiger partial charge in [0.15, 0.2) is 0 Å². The van der Waals surface area contributed by atoms with E-state index in [2.05, 4.69) is 12.0 Å². The van der Waals surface area contributed by atoms with Crippen molar-refractivity contribution in [3.63, 3.8) is 0 Å². The lowest BCUT2D eigenvalue weighted by Crippen LogP contribution is -2.47. The second-order valence-electron chi connectivity index (χ2n) is 5.76. The fraction of sp³-hybridized carbons (Fsp3) is 0.500. The first kappa shape index (κ1) is 16.9. The maximum Gasteiger partial charge on any atom is 0.286 e. The lowest BCUT2D eigenvalue weighted by molar-refractivity contribution is -0.127. The van der Waals surface area contributed by atoms with Crippen LogP contribution in [-0.2, 0) is 19.4 Å². The number of carbonyl (C=O) groups excluding carboxylic acids is 1. The van der Waals surface area contributed by atoms with Gasteiger partial charge in [0.1, 0.15) is 0 Å². The molecule has 0 saturated carbocycles. The topological polar surface area (TPSA) is 79.3 Å². The average Bonchev–Trinajstić information content (AvgIpc) is 2.61. The van der Waals surface area contributed by atoms with Crippen LogP contribution in [0.5, 0.6) is 0 Å². The van der Waals surface area contributed by atoms with Crippen LogP contribution < -0.4 is 5.01 Å². The van der Waals surface area contributed by atoms with Crippen LogP contribution in [0.4, 0.5) is 5.69 Å². The number of nitrogens with zero attached hydrogens (tertiary/aromatic N) is 3. The Labute approximate surface area is 141 Å². The predicted molar refractivity (Wildman–Crippen MR) is 90.7 cm³/mol. The van der Waals surface area contributed by atoms with Gasteiger partial charge in [-0.3, -0.25) is 9.80 Å². The number of fused-ring (bicyclic) bond motifs is 1. The number of unbranched alkanes of at least 4 members (excludes halogenated alkanes) is 1. The van der Waals surface area contributed by atoms with Crippen molar-refractivity contribution in [1.29, 1.82) is 0 Å². The molecule has 1 aromatic carbocycles. The molecule has 1 amide bonds. The Bertz CT molecular complexity index is 754. The van der Waals surface area contributed by atoms with Crippen molar-refractivity contribution < 1.29 is 17.9 Å². The highest BCUT2D eigenvalue weighted by Gasteiger charge is 2.39. The van der Waals surface area contributed by atoms with Crippen LogP contribution in [0.1, 0.15) is 19.8 Å². The highest BCUT2D eigenvalue weighted by Crippen LogP contribution is 2.32. The number of hydrazone groups is 1. The van der Waals surface area contributed by atoms with E-state index in [-0.39, 0.29) is 9.94 Å². The molecule has 0 aliphatic carbocycles. The van der Waals surface area contributed by atoms with Crippen LogP contribution in [0.2, 0.25) is 0 Å². The van der Waals surface area contributed by atoms with Crippen LogP contribution in [-0.4, -0.2) is 57.1 Å². The molecule has 0 aromatic heterocycles. The van der Waals surface area contributed by atoms with Gasteiger partial charge in [0.2, 0.25) is 14.9 Å². The summed E-state index contributed by atoms with van der Waals surface area (Å²) in [5, 5.41) is 5.46. The summed E-state index contributed by atoms with van der Waals surface area (Å²) >= 11 is 0. The molecule has 2 heterocycles. The lowest BCUT2D eigenvalue weighted by Gasteiger charge is -2.31. The van der Waals surface area contributed by atoms with Gasteiger partial charge in [0.25, 0.3) is 5.91 Å². The normalized spacial score (nSPS) is 19.6. The summed E-state index contributed by atoms with van der Waals surface area (Å²) in [5.41, 5.74) is 0.532. The fourth-order valence-corrected chi connectivity index (χ4v) is 4.24. The van der Waals surface area contributed by atoms with E-state index in [0.29, 0.717) is 38.5 Å². The molecule has 0 spiro atoms. The number of morpholine rings is 1. The van der Waals surface area contributed by atoms with Gasteiger partial charge in [-0.05, 0) is 18.6 Å². The molecule has 8 heteroatoms. The molecule has 24 heavy (non-hydrogen) atoms. The largest absolute Gasteiger partial charge is 0.378 e. The Morgan fingerprint density at radius 3 is 2.67 bits per heavy atom. The smallest absolute Gasteiger partial charge is 0.286 e. The predicted octanol–water partition coefficient (Wildman–Crippen LogP) is 1.25. The molecular formula is C16H21N3O4S. The number of amides is 1. The first-order chi connectivity index (χ1) is 11.6. The zero-order chi connectivity index (χ0) is 17.2. The van der Waals surface area contributed by atoms with E-state index < -0.39 is 15.7 Å². The minimum absolute atomic E-state index is 0.146. The monoisotopic (exact) mass is 351 g/mol. The van der Waals surface area contributed by atoms with Crippen molar-refractivity contribution in [3.8, 4) is 0 Å². The Balaban J connectivity index is 2.00. The number of anilines is 1. The zero-order valence-electron chi connectivity index (χ0n) is 13.6. The Morgan fingerprint density at radius 1 is 1.25 bits per heavy atom. The number of ether oxygens (including phenoxy) is 1. The number of benzene rings is 1. The number of para-hydroxylation sites is 1. The summed E-state index contributed by atoms with van der Waals surface area (Å²) < 4.78 is 31.0. The third kappa shape index (κ3) is 3.03. The highest BCUT2D eigenvalue weighted by molar-refractivity contribution is 8.08. The molecule has 1 fully saturated rings. The third-order valence-electron chi connectivity index (χ3n) is 4.10. The zero-order valence-corrected chi connectivity index (χ0v) is 14.5. The van der Waals surface area contributed by atoms with Crippen molar-refractivity contribution in [1.82, 2.24) is 4.90 Å². The summed E-state index contributed by atoms with van der Waals surface area (Å²) in [6.45, 7) is 4.21. The molecule has 3 rings (SSSR count). The summed E-state index contributed by atoms with van der Waals surface area (Å²) in [6.07, 6.45) is 1.81. The van der Waals surface area contributed by atoms with E-state index in [1.54, 1.807) is 23.2 Å². The minimum atomic E-state index is -3.91. The van der Waals surface area contributed by atoms with Gasteiger partial charge in [-0.2, -0.15) is 5.10 Å². The van der Waals surface area contributed by atoms with Gasteiger partial charge in [-0.15, -0.1) is 0 Å². The van der Waals surface area contributed by atoms with E-state index in [1.165, 1.54) is 11.0 Å². The Morgan fingerprint density at radius 2 is 1.96 bits per heavy atom. The Kier molecular flexibility index (Phi) is 4.86. The van der Waals surface area contributed by atoms with Crippen LogP contribution in [0.25, 0.3) is 0 Å². The fourth-order valence-electron chi connectivity index (χ4n) is 2.76.